The molecule has 2 nitrogen and oxygen atoms in total. The summed E-state index contributed by atoms with van der Waals surface area (Å²) in [6.07, 6.45) is 3.50. The molecule has 1 aliphatic rings. The molecular weight excluding hydrogens is 252 g/mol. The maximum Gasteiger partial charge on any atom is 0.0502 e. The molecule has 19 heavy (non-hydrogen) atoms. The van der Waals surface area contributed by atoms with E-state index in [1.807, 2.05) is 0 Å². The zero-order valence-corrected chi connectivity index (χ0v) is 12.0. The van der Waals surface area contributed by atoms with Gasteiger partial charge in [-0.1, -0.05) is 24.3 Å². The minimum atomic E-state index is 0.277. The molecule has 2 aromatic rings. The van der Waals surface area contributed by atoms with Crippen molar-refractivity contribution in [3.05, 3.63) is 57.3 Å². The molecule has 100 valence electrons. The van der Waals surface area contributed by atoms with E-state index in [1.54, 1.807) is 11.3 Å². The van der Waals surface area contributed by atoms with Crippen molar-refractivity contribution in [3.8, 4) is 0 Å². The van der Waals surface area contributed by atoms with Gasteiger partial charge in [-0.25, -0.2) is 0 Å². The Morgan fingerprint density at radius 2 is 2.05 bits per heavy atom. The molecule has 3 rings (SSSR count). The minimum Gasteiger partial charge on any atom is -0.271 e. The number of hydrogen-bond donors (Lipinski definition) is 2. The quantitative estimate of drug-likeness (QED) is 0.664. The number of thiophene rings is 1. The lowest BCUT2D eigenvalue weighted by Gasteiger charge is -2.31. The predicted molar refractivity (Wildman–Crippen MR) is 81.1 cm³/mol. The van der Waals surface area contributed by atoms with Crippen molar-refractivity contribution in [2.45, 2.75) is 32.2 Å². The van der Waals surface area contributed by atoms with Gasteiger partial charge in [-0.2, -0.15) is 0 Å². The Morgan fingerprint density at radius 3 is 2.74 bits per heavy atom. The van der Waals surface area contributed by atoms with E-state index in [4.69, 9.17) is 5.84 Å². The normalized spacial score (nSPS) is 20.0. The second-order valence-corrected chi connectivity index (χ2v) is 6.47. The molecule has 0 saturated heterocycles. The number of aryl methyl sites for hydroxylation is 2. The summed E-state index contributed by atoms with van der Waals surface area (Å²) in [4.78, 5) is 1.38. The van der Waals surface area contributed by atoms with E-state index in [2.05, 4.69) is 48.1 Å². The van der Waals surface area contributed by atoms with E-state index in [9.17, 15) is 0 Å². The summed E-state index contributed by atoms with van der Waals surface area (Å²) in [5.41, 5.74) is 7.43. The Morgan fingerprint density at radius 1 is 1.26 bits per heavy atom. The standard InChI is InChI=1S/C16H20N2S/c1-11-15(8-9-19-11)16(18-17)14-7-6-12-4-2-3-5-13(12)10-14/h2-5,8-9,14,16,18H,6-7,10,17H2,1H3. The maximum atomic E-state index is 5.84. The van der Waals surface area contributed by atoms with E-state index in [-0.39, 0.29) is 6.04 Å². The summed E-state index contributed by atoms with van der Waals surface area (Å²) in [6.45, 7) is 2.18. The summed E-state index contributed by atoms with van der Waals surface area (Å²) in [5, 5.41) is 2.16. The van der Waals surface area contributed by atoms with Gasteiger partial charge >= 0.3 is 0 Å². The molecule has 1 aromatic carbocycles. The van der Waals surface area contributed by atoms with Crippen LogP contribution in [-0.2, 0) is 12.8 Å². The SMILES string of the molecule is Cc1sccc1C(NN)C1CCc2ccccc2C1. The molecule has 3 heteroatoms. The van der Waals surface area contributed by atoms with Gasteiger partial charge < -0.3 is 0 Å². The number of hydrazine groups is 1. The van der Waals surface area contributed by atoms with Gasteiger partial charge in [0.25, 0.3) is 0 Å². The Kier molecular flexibility index (Phi) is 3.69. The van der Waals surface area contributed by atoms with E-state index >= 15 is 0 Å². The van der Waals surface area contributed by atoms with Crippen LogP contribution in [0.2, 0.25) is 0 Å². The highest BCUT2D eigenvalue weighted by Crippen LogP contribution is 2.36. The van der Waals surface area contributed by atoms with Crippen LogP contribution in [0.4, 0.5) is 0 Å². The summed E-state index contributed by atoms with van der Waals surface area (Å²) >= 11 is 1.80. The topological polar surface area (TPSA) is 38.0 Å². The van der Waals surface area contributed by atoms with Crippen LogP contribution >= 0.6 is 11.3 Å². The fraction of sp³-hybridized carbons (Fsp3) is 0.375. The van der Waals surface area contributed by atoms with Crippen LogP contribution in [0.5, 0.6) is 0 Å². The van der Waals surface area contributed by atoms with Crippen LogP contribution in [0, 0.1) is 12.8 Å². The van der Waals surface area contributed by atoms with Crippen LogP contribution in [0.1, 0.15) is 34.0 Å². The van der Waals surface area contributed by atoms with Gasteiger partial charge in [0.05, 0.1) is 6.04 Å². The molecule has 0 fully saturated rings. The van der Waals surface area contributed by atoms with Crippen molar-refractivity contribution in [1.29, 1.82) is 0 Å². The number of rotatable bonds is 3. The average Bonchev–Trinajstić information content (AvgIpc) is 2.86. The molecule has 1 aromatic heterocycles. The Balaban J connectivity index is 1.85. The van der Waals surface area contributed by atoms with Crippen molar-refractivity contribution in [2.75, 3.05) is 0 Å². The second-order valence-electron chi connectivity index (χ2n) is 5.35. The molecule has 3 N–H and O–H groups in total. The molecule has 1 heterocycles. The number of benzene rings is 1. The molecule has 0 saturated carbocycles. The molecule has 2 atom stereocenters. The van der Waals surface area contributed by atoms with Gasteiger partial charge in [0, 0.05) is 4.88 Å². The van der Waals surface area contributed by atoms with Crippen LogP contribution in [0.15, 0.2) is 35.7 Å². The first kappa shape index (κ1) is 12.9. The zero-order valence-electron chi connectivity index (χ0n) is 11.2. The van der Waals surface area contributed by atoms with E-state index < -0.39 is 0 Å². The third-order valence-electron chi connectivity index (χ3n) is 4.27. The summed E-state index contributed by atoms with van der Waals surface area (Å²) in [5.74, 6) is 6.43. The monoisotopic (exact) mass is 272 g/mol. The van der Waals surface area contributed by atoms with Crippen molar-refractivity contribution < 1.29 is 0 Å². The van der Waals surface area contributed by atoms with Crippen molar-refractivity contribution >= 4 is 11.3 Å². The Bertz CT molecular complexity index is 561. The van der Waals surface area contributed by atoms with E-state index in [0.717, 1.165) is 6.42 Å². The summed E-state index contributed by atoms with van der Waals surface area (Å²) < 4.78 is 0. The first-order valence-corrected chi connectivity index (χ1v) is 7.74. The lowest BCUT2D eigenvalue weighted by atomic mass is 9.78. The van der Waals surface area contributed by atoms with Gasteiger partial charge in [0.2, 0.25) is 0 Å². The molecule has 2 unspecified atom stereocenters. The Labute approximate surface area is 118 Å². The largest absolute Gasteiger partial charge is 0.271 e. The lowest BCUT2D eigenvalue weighted by molar-refractivity contribution is 0.329. The summed E-state index contributed by atoms with van der Waals surface area (Å²) in [7, 11) is 0. The third kappa shape index (κ3) is 2.46. The molecule has 1 aliphatic carbocycles. The van der Waals surface area contributed by atoms with Gasteiger partial charge in [-0.15, -0.1) is 11.3 Å². The molecule has 0 radical (unpaired) electrons. The van der Waals surface area contributed by atoms with Crippen LogP contribution in [-0.4, -0.2) is 0 Å². The summed E-state index contributed by atoms with van der Waals surface area (Å²) in [6, 6.07) is 11.3. The zero-order chi connectivity index (χ0) is 13.2. The molecule has 0 bridgehead atoms. The van der Waals surface area contributed by atoms with Gasteiger partial charge in [0.15, 0.2) is 0 Å². The third-order valence-corrected chi connectivity index (χ3v) is 5.13. The number of hydrogen-bond acceptors (Lipinski definition) is 3. The van der Waals surface area contributed by atoms with Crippen LogP contribution in [0.3, 0.4) is 0 Å². The first-order valence-electron chi connectivity index (χ1n) is 6.86. The average molecular weight is 272 g/mol. The van der Waals surface area contributed by atoms with Crippen LogP contribution in [0.25, 0.3) is 0 Å². The smallest absolute Gasteiger partial charge is 0.0502 e. The first-order chi connectivity index (χ1) is 9.29. The Hall–Kier alpha value is -1.16. The van der Waals surface area contributed by atoms with E-state index in [1.165, 1.54) is 34.4 Å². The molecule has 0 amide bonds. The minimum absolute atomic E-state index is 0.277. The highest BCUT2D eigenvalue weighted by Gasteiger charge is 2.27. The number of fused-ring (bicyclic) bond motifs is 1. The van der Waals surface area contributed by atoms with Crippen LogP contribution < -0.4 is 11.3 Å². The predicted octanol–water partition coefficient (Wildman–Crippen LogP) is 3.37. The highest BCUT2D eigenvalue weighted by atomic mass is 32.1. The molecular formula is C16H20N2S. The van der Waals surface area contributed by atoms with Crippen molar-refractivity contribution in [1.82, 2.24) is 5.43 Å². The van der Waals surface area contributed by atoms with Crippen molar-refractivity contribution in [2.24, 2.45) is 11.8 Å². The fourth-order valence-corrected chi connectivity index (χ4v) is 3.96. The van der Waals surface area contributed by atoms with Gasteiger partial charge in [-0.05, 0) is 60.2 Å². The fourth-order valence-electron chi connectivity index (χ4n) is 3.21. The molecule has 0 spiro atoms. The number of nitrogens with two attached hydrogens (primary N) is 1. The molecule has 0 aliphatic heterocycles. The maximum absolute atomic E-state index is 5.84. The van der Waals surface area contributed by atoms with E-state index in [0.29, 0.717) is 5.92 Å². The van der Waals surface area contributed by atoms with Crippen molar-refractivity contribution in [3.63, 3.8) is 0 Å². The van der Waals surface area contributed by atoms with Gasteiger partial charge in [-0.3, -0.25) is 11.3 Å². The lowest BCUT2D eigenvalue weighted by Crippen LogP contribution is -2.36. The van der Waals surface area contributed by atoms with Gasteiger partial charge in [0.1, 0.15) is 0 Å². The number of nitrogens with one attached hydrogen (secondary N) is 1. The second kappa shape index (κ2) is 5.45. The highest BCUT2D eigenvalue weighted by molar-refractivity contribution is 7.10.